The summed E-state index contributed by atoms with van der Waals surface area (Å²) >= 11 is 0. The minimum atomic E-state index is 0.114. The van der Waals surface area contributed by atoms with Crippen LogP contribution in [-0.2, 0) is 0 Å². The molecule has 0 aliphatic rings. The van der Waals surface area contributed by atoms with E-state index in [4.69, 9.17) is 8.83 Å². The summed E-state index contributed by atoms with van der Waals surface area (Å²) in [6.45, 7) is 8.96. The molecule has 2 aromatic heterocycles. The first-order valence-corrected chi connectivity index (χ1v) is 21.2. The molecule has 0 spiro atoms. The van der Waals surface area contributed by atoms with E-state index in [1.807, 2.05) is 0 Å². The normalized spacial score (nSPS) is 12.6. The third-order valence-electron chi connectivity index (χ3n) is 12.5. The molecule has 3 nitrogen and oxygen atoms in total. The molecule has 0 amide bonds. The SMILES string of the molecule is CC(C)c1ccc(C(c2ccccc2)c2ccc3cc4c(cc3c2)oc2c4ccc3c4cc5ccc(N(c6ccccc6)c6ccc(C(C)C)cc6)cc5cc4oc32)cc1. The van der Waals surface area contributed by atoms with Crippen molar-refractivity contribution in [2.24, 2.45) is 0 Å². The van der Waals surface area contributed by atoms with Gasteiger partial charge >= 0.3 is 0 Å². The smallest absolute Gasteiger partial charge is 0.178 e. The fourth-order valence-corrected chi connectivity index (χ4v) is 9.21. The van der Waals surface area contributed by atoms with Crippen molar-refractivity contribution in [3.63, 3.8) is 0 Å². The van der Waals surface area contributed by atoms with Gasteiger partial charge < -0.3 is 13.7 Å². The lowest BCUT2D eigenvalue weighted by molar-refractivity contribution is 0.634. The van der Waals surface area contributed by atoms with Gasteiger partial charge in [-0.2, -0.15) is 0 Å². The predicted octanol–water partition coefficient (Wildman–Crippen LogP) is 16.7. The Kier molecular flexibility index (Phi) is 8.60. The maximum Gasteiger partial charge on any atom is 0.178 e. The summed E-state index contributed by atoms with van der Waals surface area (Å²) in [4.78, 5) is 2.32. The molecule has 0 saturated carbocycles. The Bertz CT molecular complexity index is 3130. The Hall–Kier alpha value is -7.10. The van der Waals surface area contributed by atoms with Crippen molar-refractivity contribution in [1.82, 2.24) is 0 Å². The van der Waals surface area contributed by atoms with E-state index in [2.05, 4.69) is 215 Å². The second-order valence-electron chi connectivity index (χ2n) is 16.9. The van der Waals surface area contributed by atoms with Gasteiger partial charge in [0.05, 0.1) is 0 Å². The highest BCUT2D eigenvalue weighted by atomic mass is 16.4. The molecule has 11 rings (SSSR count). The van der Waals surface area contributed by atoms with Crippen LogP contribution >= 0.6 is 0 Å². The number of benzene rings is 9. The number of fused-ring (bicyclic) bond motifs is 9. The minimum absolute atomic E-state index is 0.114. The van der Waals surface area contributed by atoms with E-state index < -0.39 is 0 Å². The van der Waals surface area contributed by atoms with Gasteiger partial charge in [-0.25, -0.2) is 0 Å². The van der Waals surface area contributed by atoms with Crippen LogP contribution < -0.4 is 4.90 Å². The van der Waals surface area contributed by atoms with Gasteiger partial charge in [-0.15, -0.1) is 0 Å². The monoisotopic (exact) mass is 775 g/mol. The summed E-state index contributed by atoms with van der Waals surface area (Å²) in [5.41, 5.74) is 13.1. The van der Waals surface area contributed by atoms with Gasteiger partial charge in [0.1, 0.15) is 11.2 Å². The van der Waals surface area contributed by atoms with Gasteiger partial charge in [0.2, 0.25) is 0 Å². The zero-order valence-electron chi connectivity index (χ0n) is 34.3. The number of para-hydroxylation sites is 1. The van der Waals surface area contributed by atoms with Crippen LogP contribution in [0.1, 0.15) is 73.3 Å². The van der Waals surface area contributed by atoms with Gasteiger partial charge in [0.25, 0.3) is 0 Å². The first-order valence-electron chi connectivity index (χ1n) is 21.2. The average molecular weight is 776 g/mol. The zero-order valence-corrected chi connectivity index (χ0v) is 34.3. The lowest BCUT2D eigenvalue weighted by Gasteiger charge is -2.26. The molecule has 290 valence electrons. The molecule has 0 aliphatic heterocycles. The molecule has 0 aliphatic carbocycles. The Morgan fingerprint density at radius 2 is 0.783 bits per heavy atom. The quantitative estimate of drug-likeness (QED) is 0.144. The van der Waals surface area contributed by atoms with Gasteiger partial charge in [0, 0.05) is 44.5 Å². The first-order chi connectivity index (χ1) is 29.4. The zero-order chi connectivity index (χ0) is 40.5. The molecule has 1 atom stereocenters. The molecule has 2 heterocycles. The summed E-state index contributed by atoms with van der Waals surface area (Å²) in [7, 11) is 0. The standard InChI is InChI=1S/C57H45NO2/c1-35(2)37-15-17-40(18-16-37)55(39-11-7-5-8-12-39)43-20-19-41-31-51-49-27-28-50-52-32-42-23-26-48(58(46-13-9-6-10-14-46)47-24-21-38(22-25-47)36(3)4)30-45(42)34-54(52)60-57(50)56(49)59-53(51)33-44(41)29-43/h5-36,55H,1-4H3. The maximum atomic E-state index is 6.78. The summed E-state index contributed by atoms with van der Waals surface area (Å²) in [5.74, 6) is 1.08. The Morgan fingerprint density at radius 1 is 0.333 bits per heavy atom. The molecule has 0 radical (unpaired) electrons. The molecule has 9 aromatic carbocycles. The number of nitrogens with zero attached hydrogens (tertiary/aromatic N) is 1. The van der Waals surface area contributed by atoms with Crippen molar-refractivity contribution in [3.05, 3.63) is 210 Å². The fourth-order valence-electron chi connectivity index (χ4n) is 9.21. The highest BCUT2D eigenvalue weighted by molar-refractivity contribution is 6.21. The van der Waals surface area contributed by atoms with E-state index in [-0.39, 0.29) is 5.92 Å². The summed E-state index contributed by atoms with van der Waals surface area (Å²) < 4.78 is 13.5. The minimum Gasteiger partial charge on any atom is -0.452 e. The third-order valence-corrected chi connectivity index (χ3v) is 12.5. The molecule has 0 saturated heterocycles. The van der Waals surface area contributed by atoms with Crippen LogP contribution in [0.3, 0.4) is 0 Å². The summed E-state index contributed by atoms with van der Waals surface area (Å²) in [6.07, 6.45) is 0. The van der Waals surface area contributed by atoms with Crippen LogP contribution in [0.5, 0.6) is 0 Å². The van der Waals surface area contributed by atoms with Crippen molar-refractivity contribution in [3.8, 4) is 0 Å². The maximum absolute atomic E-state index is 6.78. The molecule has 11 aromatic rings. The van der Waals surface area contributed by atoms with Gasteiger partial charge in [-0.05, 0) is 134 Å². The average Bonchev–Trinajstić information content (AvgIpc) is 3.83. The lowest BCUT2D eigenvalue weighted by atomic mass is 9.83. The number of furan rings is 2. The van der Waals surface area contributed by atoms with E-state index in [1.54, 1.807) is 0 Å². The number of rotatable bonds is 8. The van der Waals surface area contributed by atoms with Gasteiger partial charge in [0.15, 0.2) is 11.2 Å². The number of hydrogen-bond donors (Lipinski definition) is 0. The molecular weight excluding hydrogens is 731 g/mol. The van der Waals surface area contributed by atoms with Crippen LogP contribution in [0.4, 0.5) is 17.1 Å². The topological polar surface area (TPSA) is 29.5 Å². The molecule has 0 bridgehead atoms. The summed E-state index contributed by atoms with van der Waals surface area (Å²) in [5, 5.41) is 8.90. The predicted molar refractivity (Wildman–Crippen MR) is 253 cm³/mol. The van der Waals surface area contributed by atoms with E-state index in [0.717, 1.165) is 77.1 Å². The molecule has 0 fully saturated rings. The molecule has 60 heavy (non-hydrogen) atoms. The fraction of sp³-hybridized carbons (Fsp3) is 0.123. The van der Waals surface area contributed by atoms with E-state index in [0.29, 0.717) is 11.8 Å². The highest BCUT2D eigenvalue weighted by Gasteiger charge is 2.21. The van der Waals surface area contributed by atoms with Gasteiger partial charge in [-0.1, -0.05) is 137 Å². The van der Waals surface area contributed by atoms with Crippen molar-refractivity contribution in [2.45, 2.75) is 45.4 Å². The van der Waals surface area contributed by atoms with E-state index >= 15 is 0 Å². The molecule has 0 N–H and O–H groups in total. The molecular formula is C57H45NO2. The van der Waals surface area contributed by atoms with Crippen LogP contribution in [0.25, 0.3) is 65.4 Å². The lowest BCUT2D eigenvalue weighted by Crippen LogP contribution is -2.09. The van der Waals surface area contributed by atoms with Gasteiger partial charge in [-0.3, -0.25) is 0 Å². The van der Waals surface area contributed by atoms with Crippen molar-refractivity contribution < 1.29 is 8.83 Å². The summed E-state index contributed by atoms with van der Waals surface area (Å²) in [6, 6.07) is 66.4. The largest absolute Gasteiger partial charge is 0.452 e. The Labute approximate surface area is 350 Å². The molecule has 1 unspecified atom stereocenters. The second-order valence-corrected chi connectivity index (χ2v) is 16.9. The number of anilines is 3. The third kappa shape index (κ3) is 6.12. The second kappa shape index (κ2) is 14.3. The number of hydrogen-bond acceptors (Lipinski definition) is 3. The first kappa shape index (κ1) is 36.0. The van der Waals surface area contributed by atoms with Crippen LogP contribution in [0.2, 0.25) is 0 Å². The van der Waals surface area contributed by atoms with Crippen molar-refractivity contribution >= 4 is 82.5 Å². The van der Waals surface area contributed by atoms with Crippen molar-refractivity contribution in [1.29, 1.82) is 0 Å². The Balaban J connectivity index is 1.01. The Morgan fingerprint density at radius 3 is 1.37 bits per heavy atom. The van der Waals surface area contributed by atoms with Crippen LogP contribution in [-0.4, -0.2) is 0 Å². The van der Waals surface area contributed by atoms with Crippen LogP contribution in [0, 0.1) is 0 Å². The van der Waals surface area contributed by atoms with E-state index in [9.17, 15) is 0 Å². The highest BCUT2D eigenvalue weighted by Crippen LogP contribution is 2.43. The van der Waals surface area contributed by atoms with Crippen LogP contribution in [0.15, 0.2) is 191 Å². The molecule has 3 heteroatoms. The van der Waals surface area contributed by atoms with E-state index in [1.165, 1.54) is 33.2 Å². The van der Waals surface area contributed by atoms with Crippen molar-refractivity contribution in [2.75, 3.05) is 4.90 Å².